The van der Waals surface area contributed by atoms with Crippen molar-refractivity contribution in [3.05, 3.63) is 35.4 Å². The van der Waals surface area contributed by atoms with Gasteiger partial charge in [0.05, 0.1) is 0 Å². The summed E-state index contributed by atoms with van der Waals surface area (Å²) in [7, 11) is 2.06. The van der Waals surface area contributed by atoms with Crippen molar-refractivity contribution >= 4 is 35.6 Å². The Morgan fingerprint density at radius 1 is 1.20 bits per heavy atom. The van der Waals surface area contributed by atoms with Gasteiger partial charge in [0.25, 0.3) is 0 Å². The first-order valence-corrected chi connectivity index (χ1v) is 5.57. The molecule has 0 bridgehead atoms. The number of hydrogen-bond acceptors (Lipinski definition) is 1. The molecule has 0 spiro atoms. The van der Waals surface area contributed by atoms with Gasteiger partial charge in [0, 0.05) is 17.4 Å². The minimum atomic E-state index is 0. The zero-order valence-corrected chi connectivity index (χ0v) is 11.4. The summed E-state index contributed by atoms with van der Waals surface area (Å²) < 4.78 is 0. The second-order valence-corrected chi connectivity index (χ2v) is 3.69. The van der Waals surface area contributed by atoms with Crippen LogP contribution in [0, 0.1) is 0 Å². The van der Waals surface area contributed by atoms with E-state index in [1.807, 2.05) is 30.3 Å². The fourth-order valence-electron chi connectivity index (χ4n) is 0.717. The lowest BCUT2D eigenvalue weighted by Crippen LogP contribution is -2.19. The lowest BCUT2D eigenvalue weighted by atomic mass is 10.4. The molecule has 0 saturated heterocycles. The SMILES string of the molecule is CCN(C)CCCl.Cl.Clc1ccccc1. The Morgan fingerprint density at radius 3 is 1.93 bits per heavy atom. The minimum absolute atomic E-state index is 0. The van der Waals surface area contributed by atoms with Crippen molar-refractivity contribution in [3.63, 3.8) is 0 Å². The molecule has 1 nitrogen and oxygen atoms in total. The van der Waals surface area contributed by atoms with Crippen molar-refractivity contribution < 1.29 is 0 Å². The van der Waals surface area contributed by atoms with Crippen LogP contribution in [0.2, 0.25) is 5.02 Å². The summed E-state index contributed by atoms with van der Waals surface area (Å²) in [5.74, 6) is 0.740. The third kappa shape index (κ3) is 12.0. The molecule has 0 aliphatic rings. The van der Waals surface area contributed by atoms with Gasteiger partial charge in [-0.3, -0.25) is 0 Å². The molecule has 0 aromatic heterocycles. The first kappa shape index (κ1) is 17.4. The predicted octanol–water partition coefficient (Wildman–Crippen LogP) is 3.94. The van der Waals surface area contributed by atoms with Crippen LogP contribution >= 0.6 is 35.6 Å². The third-order valence-corrected chi connectivity index (χ3v) is 2.16. The maximum Gasteiger partial charge on any atom is 0.0405 e. The van der Waals surface area contributed by atoms with Crippen LogP contribution in [0.3, 0.4) is 0 Å². The largest absolute Gasteiger partial charge is 0.305 e. The summed E-state index contributed by atoms with van der Waals surface area (Å²) in [5.41, 5.74) is 0. The second kappa shape index (κ2) is 12.1. The number of benzene rings is 1. The highest BCUT2D eigenvalue weighted by Crippen LogP contribution is 2.03. The summed E-state index contributed by atoms with van der Waals surface area (Å²) in [6.45, 7) is 4.21. The molecule has 1 aromatic carbocycles. The Kier molecular flexibility index (Phi) is 14.1. The van der Waals surface area contributed by atoms with Gasteiger partial charge in [0.15, 0.2) is 0 Å². The molecule has 0 radical (unpaired) electrons. The van der Waals surface area contributed by atoms with Gasteiger partial charge in [0.2, 0.25) is 0 Å². The van der Waals surface area contributed by atoms with E-state index >= 15 is 0 Å². The topological polar surface area (TPSA) is 3.24 Å². The van der Waals surface area contributed by atoms with Crippen LogP contribution in [0.4, 0.5) is 0 Å². The fourth-order valence-corrected chi connectivity index (χ4v) is 1.15. The summed E-state index contributed by atoms with van der Waals surface area (Å²) in [4.78, 5) is 2.17. The molecule has 0 heterocycles. The fraction of sp³-hybridized carbons (Fsp3) is 0.455. The van der Waals surface area contributed by atoms with Crippen LogP contribution in [-0.2, 0) is 0 Å². The standard InChI is InChI=1S/C6H5Cl.C5H12ClN.ClH/c7-6-4-2-1-3-5-6;1-3-7(2)5-4-6;/h1-5H;3-5H2,1-2H3;1H. The van der Waals surface area contributed by atoms with Gasteiger partial charge >= 0.3 is 0 Å². The Hall–Kier alpha value is 0.0500. The molecule has 0 saturated carbocycles. The molecule has 1 aromatic rings. The average molecular weight is 271 g/mol. The van der Waals surface area contributed by atoms with Crippen molar-refractivity contribution in [3.8, 4) is 0 Å². The smallest absolute Gasteiger partial charge is 0.0405 e. The molecule has 0 amide bonds. The quantitative estimate of drug-likeness (QED) is 0.752. The van der Waals surface area contributed by atoms with Crippen molar-refractivity contribution in [1.82, 2.24) is 4.90 Å². The minimum Gasteiger partial charge on any atom is -0.305 e. The molecular formula is C11H18Cl3N. The van der Waals surface area contributed by atoms with Crippen LogP contribution in [0.15, 0.2) is 30.3 Å². The maximum absolute atomic E-state index is 5.54. The summed E-state index contributed by atoms with van der Waals surface area (Å²) >= 11 is 11.0. The van der Waals surface area contributed by atoms with Crippen molar-refractivity contribution in [1.29, 1.82) is 0 Å². The Morgan fingerprint density at radius 2 is 1.73 bits per heavy atom. The summed E-state index contributed by atoms with van der Waals surface area (Å²) in [5, 5.41) is 0.794. The van der Waals surface area contributed by atoms with Crippen LogP contribution < -0.4 is 0 Å². The molecule has 1 rings (SSSR count). The highest BCUT2D eigenvalue weighted by Gasteiger charge is 1.87. The lowest BCUT2D eigenvalue weighted by molar-refractivity contribution is 0.375. The number of nitrogens with zero attached hydrogens (tertiary/aromatic N) is 1. The Balaban J connectivity index is 0. The van der Waals surface area contributed by atoms with E-state index in [-0.39, 0.29) is 12.4 Å². The zero-order chi connectivity index (χ0) is 10.8. The maximum atomic E-state index is 5.54. The zero-order valence-electron chi connectivity index (χ0n) is 9.12. The molecule has 0 atom stereocenters. The highest BCUT2D eigenvalue weighted by molar-refractivity contribution is 6.30. The van der Waals surface area contributed by atoms with E-state index < -0.39 is 0 Å². The van der Waals surface area contributed by atoms with Crippen LogP contribution in [0.25, 0.3) is 0 Å². The first-order valence-electron chi connectivity index (χ1n) is 4.65. The number of rotatable bonds is 3. The van der Waals surface area contributed by atoms with Gasteiger partial charge in [-0.2, -0.15) is 0 Å². The molecular weight excluding hydrogens is 252 g/mol. The third-order valence-electron chi connectivity index (χ3n) is 1.74. The van der Waals surface area contributed by atoms with Gasteiger partial charge in [-0.05, 0) is 25.7 Å². The Bertz CT molecular complexity index is 216. The van der Waals surface area contributed by atoms with Crippen molar-refractivity contribution in [2.24, 2.45) is 0 Å². The highest BCUT2D eigenvalue weighted by atomic mass is 35.5. The van der Waals surface area contributed by atoms with E-state index in [4.69, 9.17) is 23.2 Å². The predicted molar refractivity (Wildman–Crippen MR) is 72.6 cm³/mol. The van der Waals surface area contributed by atoms with Crippen LogP contribution in [0.5, 0.6) is 0 Å². The second-order valence-electron chi connectivity index (χ2n) is 2.88. The van der Waals surface area contributed by atoms with E-state index in [0.717, 1.165) is 24.0 Å². The monoisotopic (exact) mass is 269 g/mol. The molecule has 0 fully saturated rings. The van der Waals surface area contributed by atoms with Crippen LogP contribution in [-0.4, -0.2) is 30.9 Å². The normalized spacial score (nSPS) is 8.87. The molecule has 15 heavy (non-hydrogen) atoms. The van der Waals surface area contributed by atoms with Crippen molar-refractivity contribution in [2.75, 3.05) is 26.0 Å². The molecule has 88 valence electrons. The van der Waals surface area contributed by atoms with Gasteiger partial charge in [-0.1, -0.05) is 36.7 Å². The average Bonchev–Trinajstić information content (AvgIpc) is 2.20. The van der Waals surface area contributed by atoms with Gasteiger partial charge in [-0.15, -0.1) is 24.0 Å². The van der Waals surface area contributed by atoms with Gasteiger partial charge in [0.1, 0.15) is 0 Å². The molecule has 0 aliphatic heterocycles. The van der Waals surface area contributed by atoms with E-state index in [9.17, 15) is 0 Å². The van der Waals surface area contributed by atoms with Gasteiger partial charge < -0.3 is 4.90 Å². The molecule has 4 heteroatoms. The lowest BCUT2D eigenvalue weighted by Gasteiger charge is -2.09. The Labute approximate surface area is 109 Å². The number of alkyl halides is 1. The number of halogens is 3. The van der Waals surface area contributed by atoms with Gasteiger partial charge in [-0.25, -0.2) is 0 Å². The van der Waals surface area contributed by atoms with E-state index in [1.54, 1.807) is 0 Å². The van der Waals surface area contributed by atoms with E-state index in [0.29, 0.717) is 0 Å². The van der Waals surface area contributed by atoms with Crippen molar-refractivity contribution in [2.45, 2.75) is 6.92 Å². The molecule has 0 aliphatic carbocycles. The van der Waals surface area contributed by atoms with E-state index in [1.165, 1.54) is 0 Å². The summed E-state index contributed by atoms with van der Waals surface area (Å²) in [6.07, 6.45) is 0. The molecule has 0 unspecified atom stereocenters. The van der Waals surface area contributed by atoms with Crippen LogP contribution in [0.1, 0.15) is 6.92 Å². The first-order chi connectivity index (χ1) is 6.70. The van der Waals surface area contributed by atoms with E-state index in [2.05, 4.69) is 18.9 Å². The molecule has 0 N–H and O–H groups in total. The number of hydrogen-bond donors (Lipinski definition) is 0. The summed E-state index contributed by atoms with van der Waals surface area (Å²) in [6, 6.07) is 9.44.